The van der Waals surface area contributed by atoms with E-state index in [2.05, 4.69) is 37.8 Å². The highest BCUT2D eigenvalue weighted by atomic mass is 16.2. The summed E-state index contributed by atoms with van der Waals surface area (Å²) >= 11 is 0. The molecule has 3 aromatic rings. The summed E-state index contributed by atoms with van der Waals surface area (Å²) in [7, 11) is 0. The second kappa shape index (κ2) is 6.31. The lowest BCUT2D eigenvalue weighted by Crippen LogP contribution is -2.38. The maximum atomic E-state index is 12.7. The van der Waals surface area contributed by atoms with Gasteiger partial charge in [0.2, 0.25) is 0 Å². The fraction of sp³-hybridized carbons (Fsp3) is 0.429. The minimum atomic E-state index is 0.0819. The average Bonchev–Trinajstić information content (AvgIpc) is 3.24. The number of aromatic nitrogens is 3. The molecule has 0 spiro atoms. The molecule has 3 heterocycles. The zero-order chi connectivity index (χ0) is 17.5. The molecule has 0 aromatic carbocycles. The first-order valence-corrected chi connectivity index (χ1v) is 9.69. The van der Waals surface area contributed by atoms with Gasteiger partial charge in [-0.25, -0.2) is 4.98 Å². The van der Waals surface area contributed by atoms with Gasteiger partial charge < -0.3 is 14.5 Å². The van der Waals surface area contributed by atoms with Gasteiger partial charge in [0.1, 0.15) is 11.3 Å². The molecule has 5 nitrogen and oxygen atoms in total. The van der Waals surface area contributed by atoms with Gasteiger partial charge in [0, 0.05) is 42.1 Å². The Balaban J connectivity index is 1.23. The van der Waals surface area contributed by atoms with Gasteiger partial charge in [0.05, 0.1) is 0 Å². The third kappa shape index (κ3) is 2.81. The van der Waals surface area contributed by atoms with Crippen molar-refractivity contribution in [2.75, 3.05) is 0 Å². The molecular weight excluding hydrogens is 324 g/mol. The van der Waals surface area contributed by atoms with E-state index < -0.39 is 0 Å². The largest absolute Gasteiger partial charge is 0.348 e. The predicted octanol–water partition coefficient (Wildman–Crippen LogP) is 4.09. The van der Waals surface area contributed by atoms with Gasteiger partial charge in [0.15, 0.2) is 0 Å². The van der Waals surface area contributed by atoms with Gasteiger partial charge in [-0.2, -0.15) is 0 Å². The van der Waals surface area contributed by atoms with Gasteiger partial charge in [-0.15, -0.1) is 0 Å². The summed E-state index contributed by atoms with van der Waals surface area (Å²) in [6, 6.07) is 11.4. The molecular formula is C21H24N4O. The maximum Gasteiger partial charge on any atom is 0.268 e. The highest BCUT2D eigenvalue weighted by Gasteiger charge is 2.29. The topological polar surface area (TPSA) is 51.9 Å². The lowest BCUT2D eigenvalue weighted by atomic mass is 9.91. The number of fused-ring (bicyclic) bond motifs is 1. The van der Waals surface area contributed by atoms with Gasteiger partial charge in [0.25, 0.3) is 5.91 Å². The monoisotopic (exact) mass is 348 g/mol. The molecule has 2 aliphatic carbocycles. The summed E-state index contributed by atoms with van der Waals surface area (Å²) in [5.74, 6) is 0.0819. The number of nitrogens with zero attached hydrogens (tertiary/aromatic N) is 3. The molecule has 2 fully saturated rings. The zero-order valence-corrected chi connectivity index (χ0v) is 14.8. The Hall–Kier alpha value is -2.56. The van der Waals surface area contributed by atoms with Crippen molar-refractivity contribution in [3.8, 4) is 0 Å². The number of hydrogen-bond acceptors (Lipinski definition) is 2. The number of amides is 1. The molecule has 0 bridgehead atoms. The molecule has 0 aliphatic heterocycles. The van der Waals surface area contributed by atoms with Crippen LogP contribution in [0.25, 0.3) is 11.0 Å². The summed E-state index contributed by atoms with van der Waals surface area (Å²) < 4.78 is 4.45. The van der Waals surface area contributed by atoms with Gasteiger partial charge in [-0.3, -0.25) is 4.79 Å². The summed E-state index contributed by atoms with van der Waals surface area (Å²) in [6.45, 7) is 0. The van der Waals surface area contributed by atoms with E-state index in [1.54, 1.807) is 0 Å². The third-order valence-electron chi connectivity index (χ3n) is 5.85. The predicted molar refractivity (Wildman–Crippen MR) is 101 cm³/mol. The van der Waals surface area contributed by atoms with Crippen LogP contribution in [0, 0.1) is 0 Å². The molecule has 5 rings (SSSR count). The Bertz CT molecular complexity index is 928. The van der Waals surface area contributed by atoms with Crippen LogP contribution in [0.4, 0.5) is 0 Å². The van der Waals surface area contributed by atoms with E-state index in [1.165, 1.54) is 18.2 Å². The molecule has 1 amide bonds. The molecule has 0 unspecified atom stereocenters. The van der Waals surface area contributed by atoms with E-state index in [-0.39, 0.29) is 11.9 Å². The zero-order valence-electron chi connectivity index (χ0n) is 14.8. The Morgan fingerprint density at radius 2 is 1.69 bits per heavy atom. The second-order valence-electron chi connectivity index (χ2n) is 7.65. The van der Waals surface area contributed by atoms with E-state index in [0.29, 0.717) is 12.1 Å². The van der Waals surface area contributed by atoms with Crippen LogP contribution in [0.15, 0.2) is 48.9 Å². The molecule has 3 aromatic heterocycles. The molecule has 2 saturated carbocycles. The van der Waals surface area contributed by atoms with Crippen molar-refractivity contribution in [2.45, 2.75) is 56.7 Å². The molecule has 5 heteroatoms. The Morgan fingerprint density at radius 1 is 0.923 bits per heavy atom. The van der Waals surface area contributed by atoms with Crippen molar-refractivity contribution < 1.29 is 4.79 Å². The third-order valence-corrected chi connectivity index (χ3v) is 5.85. The normalized spacial score (nSPS) is 23.2. The Morgan fingerprint density at radius 3 is 2.50 bits per heavy atom. The van der Waals surface area contributed by atoms with Crippen LogP contribution in [0.2, 0.25) is 0 Å². The Labute approximate surface area is 153 Å². The number of hydrogen-bond donors (Lipinski definition) is 1. The maximum absolute atomic E-state index is 12.7. The van der Waals surface area contributed by atoms with E-state index in [0.717, 1.165) is 37.0 Å². The molecule has 26 heavy (non-hydrogen) atoms. The summed E-state index contributed by atoms with van der Waals surface area (Å²) in [5.41, 5.74) is 1.89. The summed E-state index contributed by atoms with van der Waals surface area (Å²) in [4.78, 5) is 17.2. The van der Waals surface area contributed by atoms with Crippen molar-refractivity contribution in [1.82, 2.24) is 19.4 Å². The van der Waals surface area contributed by atoms with Crippen LogP contribution >= 0.6 is 0 Å². The standard InChI is InChI=1S/C21H24N4O/c26-21(19-4-2-13-24(19)17-9-10-17)23-16-5-7-18(8-6-16)25-14-11-15-3-1-12-22-20(15)25/h1-4,11-14,16-18H,5-10H2,(H,23,26). The molecule has 134 valence electrons. The van der Waals surface area contributed by atoms with Crippen LogP contribution < -0.4 is 5.32 Å². The number of nitrogens with one attached hydrogen (secondary N) is 1. The molecule has 0 radical (unpaired) electrons. The lowest BCUT2D eigenvalue weighted by molar-refractivity contribution is 0.0913. The van der Waals surface area contributed by atoms with Crippen LogP contribution in [0.5, 0.6) is 0 Å². The highest BCUT2D eigenvalue weighted by molar-refractivity contribution is 5.93. The van der Waals surface area contributed by atoms with E-state index in [9.17, 15) is 4.79 Å². The van der Waals surface area contributed by atoms with E-state index in [4.69, 9.17) is 0 Å². The van der Waals surface area contributed by atoms with Crippen molar-refractivity contribution in [2.24, 2.45) is 0 Å². The Kier molecular flexibility index (Phi) is 3.80. The summed E-state index contributed by atoms with van der Waals surface area (Å²) in [5, 5.41) is 4.46. The van der Waals surface area contributed by atoms with Crippen LogP contribution in [-0.4, -0.2) is 26.1 Å². The quantitative estimate of drug-likeness (QED) is 0.772. The first-order chi connectivity index (χ1) is 12.8. The van der Waals surface area contributed by atoms with E-state index in [1.807, 2.05) is 30.6 Å². The van der Waals surface area contributed by atoms with Gasteiger partial charge in [-0.1, -0.05) is 0 Å². The average molecular weight is 348 g/mol. The first-order valence-electron chi connectivity index (χ1n) is 9.69. The van der Waals surface area contributed by atoms with E-state index >= 15 is 0 Å². The minimum absolute atomic E-state index is 0.0819. The van der Waals surface area contributed by atoms with Crippen molar-refractivity contribution in [1.29, 1.82) is 0 Å². The molecule has 0 atom stereocenters. The number of rotatable bonds is 4. The van der Waals surface area contributed by atoms with Gasteiger partial charge in [-0.05, 0) is 68.9 Å². The fourth-order valence-corrected chi connectivity index (χ4v) is 4.30. The van der Waals surface area contributed by atoms with Crippen LogP contribution in [0.3, 0.4) is 0 Å². The number of carbonyl (C=O) groups excluding carboxylic acids is 1. The second-order valence-corrected chi connectivity index (χ2v) is 7.65. The fourth-order valence-electron chi connectivity index (χ4n) is 4.30. The van der Waals surface area contributed by atoms with Crippen LogP contribution in [0.1, 0.15) is 61.1 Å². The van der Waals surface area contributed by atoms with Crippen molar-refractivity contribution in [3.05, 3.63) is 54.6 Å². The van der Waals surface area contributed by atoms with Crippen molar-refractivity contribution >= 4 is 16.9 Å². The van der Waals surface area contributed by atoms with Crippen molar-refractivity contribution in [3.63, 3.8) is 0 Å². The van der Waals surface area contributed by atoms with Gasteiger partial charge >= 0.3 is 0 Å². The molecule has 2 aliphatic rings. The highest BCUT2D eigenvalue weighted by Crippen LogP contribution is 2.36. The molecule has 1 N–H and O–H groups in total. The van der Waals surface area contributed by atoms with Crippen LogP contribution in [-0.2, 0) is 0 Å². The minimum Gasteiger partial charge on any atom is -0.348 e. The number of pyridine rings is 1. The first kappa shape index (κ1) is 15.7. The smallest absolute Gasteiger partial charge is 0.268 e. The lowest BCUT2D eigenvalue weighted by Gasteiger charge is -2.30. The molecule has 0 saturated heterocycles. The number of carbonyl (C=O) groups is 1. The summed E-state index contributed by atoms with van der Waals surface area (Å²) in [6.07, 6.45) is 12.6. The SMILES string of the molecule is O=C(NC1CCC(n2ccc3cccnc32)CC1)c1cccn1C1CC1.